The molecule has 0 unspecified atom stereocenters. The van der Waals surface area contributed by atoms with Crippen LogP contribution in [0.5, 0.6) is 0 Å². The fourth-order valence-electron chi connectivity index (χ4n) is 8.32. The normalized spacial score (nSPS) is 12.0. The zero-order chi connectivity index (χ0) is 32.8. The molecule has 0 radical (unpaired) electrons. The Morgan fingerprint density at radius 2 is 0.860 bits per heavy atom. The molecular weight excluding hydrogens is 623 g/mol. The minimum absolute atomic E-state index is 1.13. The molecule has 11 rings (SSSR count). The molecule has 0 atom stereocenters. The van der Waals surface area contributed by atoms with Gasteiger partial charge in [0.05, 0.1) is 5.69 Å². The van der Waals surface area contributed by atoms with E-state index in [0.29, 0.717) is 0 Å². The first-order valence-corrected chi connectivity index (χ1v) is 18.0. The standard InChI is InChI=1S/C48H29NS/c1-3-9-30(10-4-1)32-19-24-36(25-20-32)49(37-26-21-33(22-27-37)31-11-5-2-6-12-31)41-29-43-48-46-39(15-8-16-40(41)46)38-14-7-13-34-17-18-35-23-28-42(50-43)47(48)45(35)44(34)38/h1-29H. The highest BCUT2D eigenvalue weighted by atomic mass is 32.1. The first-order chi connectivity index (χ1) is 24.8. The molecule has 1 aliphatic carbocycles. The fraction of sp³-hybridized carbons (Fsp3) is 0. The van der Waals surface area contributed by atoms with Crippen molar-refractivity contribution < 1.29 is 0 Å². The van der Waals surface area contributed by atoms with Crippen molar-refractivity contribution in [2.45, 2.75) is 0 Å². The van der Waals surface area contributed by atoms with Crippen LogP contribution in [-0.2, 0) is 0 Å². The molecule has 232 valence electrons. The molecule has 1 heterocycles. The van der Waals surface area contributed by atoms with Gasteiger partial charge in [-0.2, -0.15) is 0 Å². The lowest BCUT2D eigenvalue weighted by molar-refractivity contribution is 1.30. The number of thiophene rings is 1. The van der Waals surface area contributed by atoms with E-state index in [0.717, 1.165) is 11.4 Å². The number of hydrogen-bond donors (Lipinski definition) is 0. The number of hydrogen-bond acceptors (Lipinski definition) is 2. The van der Waals surface area contributed by atoms with Crippen LogP contribution in [0.4, 0.5) is 17.1 Å². The molecule has 0 N–H and O–H groups in total. The quantitative estimate of drug-likeness (QED) is 0.167. The van der Waals surface area contributed by atoms with Crippen LogP contribution >= 0.6 is 11.3 Å². The van der Waals surface area contributed by atoms with Gasteiger partial charge in [0.2, 0.25) is 0 Å². The van der Waals surface area contributed by atoms with Crippen molar-refractivity contribution in [1.82, 2.24) is 0 Å². The van der Waals surface area contributed by atoms with Crippen LogP contribution in [0.25, 0.3) is 85.9 Å². The summed E-state index contributed by atoms with van der Waals surface area (Å²) in [6.07, 6.45) is 0. The fourth-order valence-corrected chi connectivity index (χ4v) is 9.47. The Labute approximate surface area is 293 Å². The molecule has 1 nitrogen and oxygen atoms in total. The maximum absolute atomic E-state index is 2.46. The number of anilines is 3. The molecule has 10 aromatic rings. The lowest BCUT2D eigenvalue weighted by atomic mass is 9.92. The molecule has 50 heavy (non-hydrogen) atoms. The van der Waals surface area contributed by atoms with Crippen LogP contribution in [0.2, 0.25) is 0 Å². The highest BCUT2D eigenvalue weighted by Gasteiger charge is 2.25. The molecule has 9 aromatic carbocycles. The molecule has 0 bridgehead atoms. The maximum Gasteiger partial charge on any atom is 0.0554 e. The second-order valence-electron chi connectivity index (χ2n) is 13.3. The van der Waals surface area contributed by atoms with E-state index < -0.39 is 0 Å². The molecule has 2 heteroatoms. The van der Waals surface area contributed by atoms with Gasteiger partial charge in [0.15, 0.2) is 0 Å². The average molecular weight is 652 g/mol. The molecule has 1 aliphatic rings. The molecule has 1 aromatic heterocycles. The van der Waals surface area contributed by atoms with Crippen LogP contribution in [0.3, 0.4) is 0 Å². The Hall–Kier alpha value is -6.22. The Morgan fingerprint density at radius 3 is 1.50 bits per heavy atom. The van der Waals surface area contributed by atoms with Crippen LogP contribution < -0.4 is 4.90 Å². The van der Waals surface area contributed by atoms with Crippen LogP contribution in [0.15, 0.2) is 176 Å². The first-order valence-electron chi connectivity index (χ1n) is 17.2. The molecule has 0 fully saturated rings. The third-order valence-corrected chi connectivity index (χ3v) is 11.7. The van der Waals surface area contributed by atoms with E-state index in [1.807, 2.05) is 11.3 Å². The second-order valence-corrected chi connectivity index (χ2v) is 14.4. The van der Waals surface area contributed by atoms with E-state index in [-0.39, 0.29) is 0 Å². The molecule has 0 saturated heterocycles. The van der Waals surface area contributed by atoms with Crippen LogP contribution in [-0.4, -0.2) is 0 Å². The van der Waals surface area contributed by atoms with E-state index >= 15 is 0 Å². The van der Waals surface area contributed by atoms with Gasteiger partial charge in [-0.3, -0.25) is 0 Å². The van der Waals surface area contributed by atoms with Gasteiger partial charge in [-0.25, -0.2) is 0 Å². The van der Waals surface area contributed by atoms with Crippen molar-refractivity contribution in [2.24, 2.45) is 0 Å². The zero-order valence-corrected chi connectivity index (χ0v) is 27.9. The van der Waals surface area contributed by atoms with Crippen LogP contribution in [0, 0.1) is 0 Å². The van der Waals surface area contributed by atoms with Gasteiger partial charge in [0.1, 0.15) is 0 Å². The van der Waals surface area contributed by atoms with E-state index in [2.05, 4.69) is 181 Å². The lowest BCUT2D eigenvalue weighted by Gasteiger charge is -2.28. The molecule has 0 amide bonds. The monoisotopic (exact) mass is 651 g/mol. The summed E-state index contributed by atoms with van der Waals surface area (Å²) < 4.78 is 2.66. The minimum atomic E-state index is 1.13. The number of benzene rings is 9. The van der Waals surface area contributed by atoms with Crippen molar-refractivity contribution >= 4 is 80.9 Å². The highest BCUT2D eigenvalue weighted by Crippen LogP contribution is 2.54. The predicted octanol–water partition coefficient (Wildman–Crippen LogP) is 14.3. The third kappa shape index (κ3) is 4.00. The van der Waals surface area contributed by atoms with E-state index in [9.17, 15) is 0 Å². The minimum Gasteiger partial charge on any atom is -0.310 e. The van der Waals surface area contributed by atoms with E-state index in [4.69, 9.17) is 0 Å². The summed E-state index contributed by atoms with van der Waals surface area (Å²) in [6.45, 7) is 0. The number of rotatable bonds is 5. The van der Waals surface area contributed by atoms with Crippen LogP contribution in [0.1, 0.15) is 0 Å². The lowest BCUT2D eigenvalue weighted by Crippen LogP contribution is -2.10. The summed E-state index contributed by atoms with van der Waals surface area (Å²) in [5, 5.41) is 10.7. The van der Waals surface area contributed by atoms with Gasteiger partial charge in [-0.1, -0.05) is 140 Å². The van der Waals surface area contributed by atoms with Gasteiger partial charge >= 0.3 is 0 Å². The maximum atomic E-state index is 2.46. The van der Waals surface area contributed by atoms with Gasteiger partial charge < -0.3 is 4.90 Å². The number of nitrogens with zero attached hydrogens (tertiary/aromatic N) is 1. The predicted molar refractivity (Wildman–Crippen MR) is 216 cm³/mol. The van der Waals surface area contributed by atoms with E-state index in [1.165, 1.54) is 91.6 Å². The summed E-state index contributed by atoms with van der Waals surface area (Å²) in [5.41, 5.74) is 10.9. The summed E-state index contributed by atoms with van der Waals surface area (Å²) in [6, 6.07) is 64.8. The van der Waals surface area contributed by atoms with E-state index in [1.54, 1.807) is 0 Å². The van der Waals surface area contributed by atoms with Gasteiger partial charge in [-0.05, 0) is 91.3 Å². The Kier molecular flexibility index (Phi) is 5.89. The topological polar surface area (TPSA) is 3.24 Å². The Morgan fingerprint density at radius 1 is 0.340 bits per heavy atom. The SMILES string of the molecule is c1ccc(-c2ccc(N(c3ccc(-c4ccccc4)cc3)c3cc4sc5ccc6ccc7cccc8c7c6c5c4c4c-8cccc34)cc2)cc1. The second kappa shape index (κ2) is 10.6. The Balaban J connectivity index is 1.21. The summed E-state index contributed by atoms with van der Waals surface area (Å²) in [5.74, 6) is 0. The smallest absolute Gasteiger partial charge is 0.0554 e. The average Bonchev–Trinajstić information content (AvgIpc) is 3.51. The number of fused-ring (bicyclic) bond motifs is 1. The van der Waals surface area contributed by atoms with Gasteiger partial charge in [0, 0.05) is 42.3 Å². The summed E-state index contributed by atoms with van der Waals surface area (Å²) >= 11 is 1.92. The largest absolute Gasteiger partial charge is 0.310 e. The molecular formula is C48H29NS. The van der Waals surface area contributed by atoms with Crippen molar-refractivity contribution in [3.8, 4) is 33.4 Å². The van der Waals surface area contributed by atoms with Gasteiger partial charge in [0.25, 0.3) is 0 Å². The molecule has 0 spiro atoms. The summed E-state index contributed by atoms with van der Waals surface area (Å²) in [7, 11) is 0. The highest BCUT2D eigenvalue weighted by molar-refractivity contribution is 7.26. The Bertz CT molecular complexity index is 2860. The van der Waals surface area contributed by atoms with Crippen molar-refractivity contribution in [1.29, 1.82) is 0 Å². The van der Waals surface area contributed by atoms with Crippen molar-refractivity contribution in [3.05, 3.63) is 176 Å². The summed E-state index contributed by atoms with van der Waals surface area (Å²) in [4.78, 5) is 2.46. The third-order valence-electron chi connectivity index (χ3n) is 10.6. The zero-order valence-electron chi connectivity index (χ0n) is 27.1. The van der Waals surface area contributed by atoms with Crippen molar-refractivity contribution in [3.63, 3.8) is 0 Å². The molecule has 0 aliphatic heterocycles. The molecule has 0 saturated carbocycles. The first kappa shape index (κ1) is 27.7. The van der Waals surface area contributed by atoms with Crippen molar-refractivity contribution in [2.75, 3.05) is 4.90 Å². The van der Waals surface area contributed by atoms with Gasteiger partial charge in [-0.15, -0.1) is 11.3 Å².